The standard InChI is InChI=1S/C9H12ClNO5S2/c1-5-3-7(17-8(5)10)18(14,15)11-6(4-16-2)9(12)13/h3,6,11H,4H2,1-2H3,(H,12,13). The number of halogens is 1. The van der Waals surface area contributed by atoms with Gasteiger partial charge in [-0.2, -0.15) is 4.72 Å². The van der Waals surface area contributed by atoms with E-state index >= 15 is 0 Å². The van der Waals surface area contributed by atoms with Crippen LogP contribution in [0.25, 0.3) is 0 Å². The Bertz CT molecular complexity index is 520. The number of aryl methyl sites for hydroxylation is 1. The highest BCUT2D eigenvalue weighted by atomic mass is 35.5. The number of nitrogens with one attached hydrogen (secondary N) is 1. The molecule has 1 rings (SSSR count). The lowest BCUT2D eigenvalue weighted by molar-refractivity contribution is -0.140. The molecule has 1 atom stereocenters. The molecule has 0 fully saturated rings. The molecule has 102 valence electrons. The Morgan fingerprint density at radius 2 is 2.28 bits per heavy atom. The minimum atomic E-state index is -3.91. The zero-order valence-corrected chi connectivity index (χ0v) is 12.0. The van der Waals surface area contributed by atoms with Crippen LogP contribution in [0.4, 0.5) is 0 Å². The number of methoxy groups -OCH3 is 1. The first-order valence-electron chi connectivity index (χ1n) is 4.78. The van der Waals surface area contributed by atoms with Crippen molar-refractivity contribution in [2.45, 2.75) is 17.2 Å². The smallest absolute Gasteiger partial charge is 0.324 e. The zero-order valence-electron chi connectivity index (χ0n) is 9.64. The molecule has 9 heteroatoms. The first kappa shape index (κ1) is 15.4. The fourth-order valence-electron chi connectivity index (χ4n) is 1.13. The lowest BCUT2D eigenvalue weighted by Gasteiger charge is -2.12. The largest absolute Gasteiger partial charge is 0.480 e. The number of hydrogen-bond donors (Lipinski definition) is 2. The van der Waals surface area contributed by atoms with Gasteiger partial charge in [0.2, 0.25) is 0 Å². The maximum absolute atomic E-state index is 11.9. The number of ether oxygens (including phenoxy) is 1. The quantitative estimate of drug-likeness (QED) is 0.820. The average Bonchev–Trinajstić information content (AvgIpc) is 2.59. The highest BCUT2D eigenvalue weighted by molar-refractivity contribution is 7.91. The van der Waals surface area contributed by atoms with Crippen molar-refractivity contribution >= 4 is 38.9 Å². The number of sulfonamides is 1. The SMILES string of the molecule is COCC(NS(=O)(=O)c1cc(C)c(Cl)s1)C(=O)O. The lowest BCUT2D eigenvalue weighted by atomic mass is 10.3. The van der Waals surface area contributed by atoms with Crippen LogP contribution in [0.5, 0.6) is 0 Å². The van der Waals surface area contributed by atoms with Gasteiger partial charge in [0.25, 0.3) is 10.0 Å². The van der Waals surface area contributed by atoms with Gasteiger partial charge in [0.05, 0.1) is 10.9 Å². The van der Waals surface area contributed by atoms with Crippen LogP contribution in [0.1, 0.15) is 5.56 Å². The van der Waals surface area contributed by atoms with Crippen LogP contribution in [0.3, 0.4) is 0 Å². The van der Waals surface area contributed by atoms with E-state index in [4.69, 9.17) is 16.7 Å². The van der Waals surface area contributed by atoms with Crippen molar-refractivity contribution in [3.8, 4) is 0 Å². The van der Waals surface area contributed by atoms with E-state index in [2.05, 4.69) is 9.46 Å². The first-order valence-corrected chi connectivity index (χ1v) is 7.45. The third-order valence-corrected chi connectivity index (χ3v) is 5.53. The fourth-order valence-corrected chi connectivity index (χ4v) is 4.03. The summed E-state index contributed by atoms with van der Waals surface area (Å²) < 4.78 is 30.8. The van der Waals surface area contributed by atoms with Crippen LogP contribution >= 0.6 is 22.9 Å². The molecule has 0 saturated heterocycles. The van der Waals surface area contributed by atoms with Crippen LogP contribution in [0.2, 0.25) is 4.34 Å². The third kappa shape index (κ3) is 3.66. The summed E-state index contributed by atoms with van der Waals surface area (Å²) in [7, 11) is -2.62. The topological polar surface area (TPSA) is 92.7 Å². The summed E-state index contributed by atoms with van der Waals surface area (Å²) in [6.45, 7) is 1.41. The summed E-state index contributed by atoms with van der Waals surface area (Å²) >= 11 is 6.66. The van der Waals surface area contributed by atoms with E-state index in [1.165, 1.54) is 13.2 Å². The van der Waals surface area contributed by atoms with Crippen LogP contribution in [-0.2, 0) is 19.6 Å². The Hall–Kier alpha value is -0.670. The predicted molar refractivity (Wildman–Crippen MR) is 67.7 cm³/mol. The number of carboxylic acids is 1. The van der Waals surface area contributed by atoms with E-state index in [1.807, 2.05) is 0 Å². The number of carbonyl (C=O) groups is 1. The van der Waals surface area contributed by atoms with Gasteiger partial charge in [-0.15, -0.1) is 11.3 Å². The summed E-state index contributed by atoms with van der Waals surface area (Å²) in [6.07, 6.45) is 0. The summed E-state index contributed by atoms with van der Waals surface area (Å²) in [6, 6.07) is 0.0577. The first-order chi connectivity index (χ1) is 8.27. The van der Waals surface area contributed by atoms with Crippen molar-refractivity contribution in [2.75, 3.05) is 13.7 Å². The molecule has 0 radical (unpaired) electrons. The highest BCUT2D eigenvalue weighted by Crippen LogP contribution is 2.30. The molecule has 0 aliphatic rings. The molecular weight excluding hydrogens is 302 g/mol. The molecule has 6 nitrogen and oxygen atoms in total. The predicted octanol–water partition coefficient (Wildman–Crippen LogP) is 1.09. The van der Waals surface area contributed by atoms with Crippen molar-refractivity contribution in [1.29, 1.82) is 0 Å². The Kier molecular flexibility index (Phi) is 5.11. The molecule has 1 heterocycles. The second-order valence-electron chi connectivity index (χ2n) is 3.49. The second kappa shape index (κ2) is 5.98. The number of rotatable bonds is 6. The minimum absolute atomic E-state index is 0.0210. The van der Waals surface area contributed by atoms with E-state index in [0.29, 0.717) is 9.90 Å². The van der Waals surface area contributed by atoms with E-state index in [9.17, 15) is 13.2 Å². The van der Waals surface area contributed by atoms with Crippen molar-refractivity contribution < 1.29 is 23.1 Å². The molecule has 2 N–H and O–H groups in total. The number of carboxylic acid groups (broad SMARTS) is 1. The van der Waals surface area contributed by atoms with Crippen LogP contribution in [0, 0.1) is 6.92 Å². The number of thiophene rings is 1. The van der Waals surface area contributed by atoms with Gasteiger partial charge in [-0.3, -0.25) is 4.79 Å². The normalized spacial score (nSPS) is 13.5. The van der Waals surface area contributed by atoms with Gasteiger partial charge >= 0.3 is 5.97 Å². The molecule has 0 amide bonds. The molecule has 18 heavy (non-hydrogen) atoms. The molecule has 1 unspecified atom stereocenters. The van der Waals surface area contributed by atoms with E-state index < -0.39 is 22.0 Å². The molecule has 0 aliphatic carbocycles. The van der Waals surface area contributed by atoms with Crippen LogP contribution in [-0.4, -0.2) is 39.3 Å². The Balaban J connectivity index is 2.96. The monoisotopic (exact) mass is 313 g/mol. The number of aliphatic carboxylic acids is 1. The Morgan fingerprint density at radius 3 is 2.67 bits per heavy atom. The molecule has 0 saturated carbocycles. The summed E-state index contributed by atoms with van der Waals surface area (Å²) in [4.78, 5) is 10.8. The molecular formula is C9H12ClNO5S2. The molecule has 0 spiro atoms. The summed E-state index contributed by atoms with van der Waals surface area (Å²) in [5, 5.41) is 8.84. The molecule has 1 aromatic rings. The van der Waals surface area contributed by atoms with Crippen molar-refractivity contribution in [2.24, 2.45) is 0 Å². The minimum Gasteiger partial charge on any atom is -0.480 e. The molecule has 0 bridgehead atoms. The van der Waals surface area contributed by atoms with Crippen molar-refractivity contribution in [3.05, 3.63) is 16.0 Å². The van der Waals surface area contributed by atoms with Crippen molar-refractivity contribution in [1.82, 2.24) is 4.72 Å². The summed E-state index contributed by atoms with van der Waals surface area (Å²) in [5.74, 6) is -1.31. The Morgan fingerprint density at radius 1 is 1.67 bits per heavy atom. The van der Waals surface area contributed by atoms with Gasteiger partial charge in [-0.25, -0.2) is 8.42 Å². The Labute approximate surface area is 114 Å². The zero-order chi connectivity index (χ0) is 13.9. The average molecular weight is 314 g/mol. The second-order valence-corrected chi connectivity index (χ2v) is 7.08. The molecule has 1 aromatic heterocycles. The summed E-state index contributed by atoms with van der Waals surface area (Å²) in [5.41, 5.74) is 0.626. The van der Waals surface area contributed by atoms with Gasteiger partial charge in [0.1, 0.15) is 10.3 Å². The van der Waals surface area contributed by atoms with E-state index in [1.54, 1.807) is 6.92 Å². The van der Waals surface area contributed by atoms with Gasteiger partial charge in [-0.05, 0) is 18.6 Å². The van der Waals surface area contributed by atoms with E-state index in [0.717, 1.165) is 11.3 Å². The van der Waals surface area contributed by atoms with Gasteiger partial charge in [-0.1, -0.05) is 11.6 Å². The number of hydrogen-bond acceptors (Lipinski definition) is 5. The van der Waals surface area contributed by atoms with Crippen LogP contribution < -0.4 is 4.72 Å². The lowest BCUT2D eigenvalue weighted by Crippen LogP contribution is -2.43. The van der Waals surface area contributed by atoms with Crippen molar-refractivity contribution in [3.63, 3.8) is 0 Å². The van der Waals surface area contributed by atoms with Gasteiger partial charge < -0.3 is 9.84 Å². The molecule has 0 aromatic carbocycles. The maximum atomic E-state index is 11.9. The third-order valence-electron chi connectivity index (χ3n) is 2.03. The van der Waals surface area contributed by atoms with Gasteiger partial charge in [0, 0.05) is 7.11 Å². The fraction of sp³-hybridized carbons (Fsp3) is 0.444. The van der Waals surface area contributed by atoms with Gasteiger partial charge in [0.15, 0.2) is 0 Å². The van der Waals surface area contributed by atoms with Crippen LogP contribution in [0.15, 0.2) is 10.3 Å². The maximum Gasteiger partial charge on any atom is 0.324 e. The highest BCUT2D eigenvalue weighted by Gasteiger charge is 2.27. The van der Waals surface area contributed by atoms with E-state index in [-0.39, 0.29) is 10.8 Å². The molecule has 0 aliphatic heterocycles.